The first-order valence-corrected chi connectivity index (χ1v) is 11.2. The van der Waals surface area contributed by atoms with Crippen LogP contribution in [0.25, 0.3) is 0 Å². The Morgan fingerprint density at radius 2 is 1.84 bits per heavy atom. The molecule has 3 aromatic rings. The fraction of sp³-hybridized carbons (Fsp3) is 0.125. The van der Waals surface area contributed by atoms with Crippen LogP contribution in [-0.2, 0) is 16.1 Å². The molecule has 3 aromatic carbocycles. The number of hydrogen-bond acceptors (Lipinski definition) is 4. The minimum Gasteiger partial charge on any atom is -0.325 e. The van der Waals surface area contributed by atoms with Gasteiger partial charge < -0.3 is 5.32 Å². The number of halogens is 2. The number of benzene rings is 3. The third-order valence-electron chi connectivity index (χ3n) is 4.76. The predicted molar refractivity (Wildman–Crippen MR) is 127 cm³/mol. The van der Waals surface area contributed by atoms with Gasteiger partial charge in [-0.15, -0.1) is 0 Å². The molecule has 1 fully saturated rings. The molecular weight excluding hydrogens is 449 g/mol. The quantitative estimate of drug-likeness (QED) is 0.528. The molecule has 1 aliphatic rings. The first-order chi connectivity index (χ1) is 15.5. The van der Waals surface area contributed by atoms with Crippen molar-refractivity contribution in [3.8, 4) is 0 Å². The number of thioether (sulfide) groups is 1. The van der Waals surface area contributed by atoms with Gasteiger partial charge in [0.15, 0.2) is 5.17 Å². The maximum atomic E-state index is 13.3. The lowest BCUT2D eigenvalue weighted by Crippen LogP contribution is -2.44. The Morgan fingerprint density at radius 3 is 2.56 bits per heavy atom. The Balaban J connectivity index is 1.59. The monoisotopic (exact) mass is 467 g/mol. The lowest BCUT2D eigenvalue weighted by molar-refractivity contribution is -0.129. The number of carbonyl (C=O) groups excluding carboxylic acids is 2. The molecule has 1 saturated heterocycles. The zero-order valence-electron chi connectivity index (χ0n) is 16.9. The Kier molecular flexibility index (Phi) is 6.87. The molecule has 0 spiro atoms. The van der Waals surface area contributed by atoms with Crippen LogP contribution in [-0.4, -0.2) is 27.1 Å². The number of anilines is 1. The number of rotatable bonds is 5. The molecule has 8 heteroatoms. The summed E-state index contributed by atoms with van der Waals surface area (Å²) in [5.41, 5.74) is 1.99. The van der Waals surface area contributed by atoms with E-state index >= 15 is 0 Å². The molecule has 1 heterocycles. The Bertz CT molecular complexity index is 1160. The van der Waals surface area contributed by atoms with Crippen molar-refractivity contribution < 1.29 is 14.0 Å². The lowest BCUT2D eigenvalue weighted by atomic mass is 10.2. The minimum absolute atomic E-state index is 0.0341. The number of hydrogen-bond donors (Lipinski definition) is 1. The topological polar surface area (TPSA) is 61.8 Å². The number of nitrogens with one attached hydrogen (secondary N) is 1. The van der Waals surface area contributed by atoms with E-state index in [1.54, 1.807) is 29.2 Å². The molecule has 5 nitrogen and oxygen atoms in total. The van der Waals surface area contributed by atoms with Gasteiger partial charge in [-0.25, -0.2) is 9.38 Å². The fourth-order valence-electron chi connectivity index (χ4n) is 3.18. The van der Waals surface area contributed by atoms with Gasteiger partial charge in [-0.2, -0.15) is 0 Å². The van der Waals surface area contributed by atoms with Crippen molar-refractivity contribution in [3.63, 3.8) is 0 Å². The van der Waals surface area contributed by atoms with Crippen molar-refractivity contribution in [1.82, 2.24) is 4.90 Å². The highest BCUT2D eigenvalue weighted by molar-refractivity contribution is 8.15. The van der Waals surface area contributed by atoms with Crippen molar-refractivity contribution in [2.24, 2.45) is 4.99 Å². The molecule has 1 atom stereocenters. The summed E-state index contributed by atoms with van der Waals surface area (Å²) in [4.78, 5) is 32.0. The van der Waals surface area contributed by atoms with E-state index in [1.807, 2.05) is 30.3 Å². The SMILES string of the molecule is O=C(Nc1cccc(Cl)c1)C1CC(=O)N(Cc2ccccc2)C(=Nc2ccc(F)cc2)S1. The zero-order chi connectivity index (χ0) is 22.5. The summed E-state index contributed by atoms with van der Waals surface area (Å²) < 4.78 is 13.3. The first kappa shape index (κ1) is 22.0. The van der Waals surface area contributed by atoms with Crippen LogP contribution in [0.4, 0.5) is 15.8 Å². The van der Waals surface area contributed by atoms with Crippen LogP contribution >= 0.6 is 23.4 Å². The summed E-state index contributed by atoms with van der Waals surface area (Å²) in [6.45, 7) is 0.329. The molecule has 0 aromatic heterocycles. The molecule has 1 aliphatic heterocycles. The highest BCUT2D eigenvalue weighted by Crippen LogP contribution is 2.31. The van der Waals surface area contributed by atoms with E-state index in [0.29, 0.717) is 28.1 Å². The van der Waals surface area contributed by atoms with E-state index in [0.717, 1.165) is 5.56 Å². The van der Waals surface area contributed by atoms with Gasteiger partial charge in [0.25, 0.3) is 0 Å². The second kappa shape index (κ2) is 9.97. The third kappa shape index (κ3) is 5.55. The second-order valence-corrected chi connectivity index (χ2v) is 8.75. The molecule has 0 bridgehead atoms. The summed E-state index contributed by atoms with van der Waals surface area (Å²) in [7, 11) is 0. The Labute approximate surface area is 194 Å². The van der Waals surface area contributed by atoms with Gasteiger partial charge in [-0.1, -0.05) is 59.8 Å². The van der Waals surface area contributed by atoms with E-state index in [-0.39, 0.29) is 24.1 Å². The van der Waals surface area contributed by atoms with E-state index in [9.17, 15) is 14.0 Å². The average Bonchev–Trinajstić information content (AvgIpc) is 2.78. The maximum absolute atomic E-state index is 13.3. The molecule has 0 saturated carbocycles. The first-order valence-electron chi connectivity index (χ1n) is 9.89. The summed E-state index contributed by atoms with van der Waals surface area (Å²) in [6.07, 6.45) is 0.0341. The Morgan fingerprint density at radius 1 is 1.09 bits per heavy atom. The normalized spacial score (nSPS) is 17.4. The van der Waals surface area contributed by atoms with Crippen molar-refractivity contribution in [1.29, 1.82) is 0 Å². The zero-order valence-corrected chi connectivity index (χ0v) is 18.4. The number of amides is 2. The van der Waals surface area contributed by atoms with Crippen LogP contribution in [0.2, 0.25) is 5.02 Å². The van der Waals surface area contributed by atoms with Crippen LogP contribution in [0.5, 0.6) is 0 Å². The highest BCUT2D eigenvalue weighted by Gasteiger charge is 2.36. The van der Waals surface area contributed by atoms with Crippen molar-refractivity contribution in [3.05, 3.63) is 95.3 Å². The summed E-state index contributed by atoms with van der Waals surface area (Å²) >= 11 is 7.20. The van der Waals surface area contributed by atoms with Gasteiger partial charge in [0.2, 0.25) is 11.8 Å². The summed E-state index contributed by atoms with van der Waals surface area (Å²) in [6, 6.07) is 22.0. The van der Waals surface area contributed by atoms with E-state index in [1.165, 1.54) is 36.0 Å². The number of nitrogens with zero attached hydrogens (tertiary/aromatic N) is 2. The van der Waals surface area contributed by atoms with E-state index in [4.69, 9.17) is 11.6 Å². The molecule has 32 heavy (non-hydrogen) atoms. The maximum Gasteiger partial charge on any atom is 0.238 e. The van der Waals surface area contributed by atoms with Gasteiger partial charge in [-0.3, -0.25) is 14.5 Å². The fourth-order valence-corrected chi connectivity index (χ4v) is 4.47. The summed E-state index contributed by atoms with van der Waals surface area (Å²) in [5, 5.41) is 3.04. The lowest BCUT2D eigenvalue weighted by Gasteiger charge is -2.32. The smallest absolute Gasteiger partial charge is 0.238 e. The third-order valence-corrected chi connectivity index (χ3v) is 6.18. The van der Waals surface area contributed by atoms with Gasteiger partial charge >= 0.3 is 0 Å². The number of carbonyl (C=O) groups is 2. The van der Waals surface area contributed by atoms with Gasteiger partial charge in [0, 0.05) is 17.1 Å². The van der Waals surface area contributed by atoms with Crippen molar-refractivity contribution in [2.75, 3.05) is 5.32 Å². The van der Waals surface area contributed by atoms with Gasteiger partial charge in [0.05, 0.1) is 12.2 Å². The molecule has 2 amide bonds. The van der Waals surface area contributed by atoms with Crippen LogP contribution in [0.15, 0.2) is 83.9 Å². The number of aliphatic imine (C=N–C) groups is 1. The average molecular weight is 468 g/mol. The van der Waals surface area contributed by atoms with Crippen LogP contribution < -0.4 is 5.32 Å². The van der Waals surface area contributed by atoms with E-state index < -0.39 is 5.25 Å². The molecule has 162 valence electrons. The van der Waals surface area contributed by atoms with Crippen molar-refractivity contribution in [2.45, 2.75) is 18.2 Å². The summed E-state index contributed by atoms with van der Waals surface area (Å²) in [5.74, 6) is -0.891. The Hall–Kier alpha value is -3.16. The molecule has 1 unspecified atom stereocenters. The molecule has 1 N–H and O–H groups in total. The standard InChI is InChI=1S/C24H19ClFN3O2S/c25-17-7-4-8-20(13-17)27-23(31)21-14-22(30)29(15-16-5-2-1-3-6-16)24(32-21)28-19-11-9-18(26)10-12-19/h1-13,21H,14-15H2,(H,27,31). The second-order valence-electron chi connectivity index (χ2n) is 7.15. The molecular formula is C24H19ClFN3O2S. The van der Waals surface area contributed by atoms with Crippen molar-refractivity contribution >= 4 is 51.7 Å². The molecule has 0 radical (unpaired) electrons. The van der Waals surface area contributed by atoms with Crippen LogP contribution in [0, 0.1) is 5.82 Å². The largest absolute Gasteiger partial charge is 0.325 e. The molecule has 0 aliphatic carbocycles. The predicted octanol–water partition coefficient (Wildman–Crippen LogP) is 5.64. The van der Waals surface area contributed by atoms with Crippen LogP contribution in [0.3, 0.4) is 0 Å². The van der Waals surface area contributed by atoms with Crippen LogP contribution in [0.1, 0.15) is 12.0 Å². The minimum atomic E-state index is -0.660. The highest BCUT2D eigenvalue weighted by atomic mass is 35.5. The van der Waals surface area contributed by atoms with E-state index in [2.05, 4.69) is 10.3 Å². The van der Waals surface area contributed by atoms with Gasteiger partial charge in [-0.05, 0) is 48.0 Å². The number of amidine groups is 1. The van der Waals surface area contributed by atoms with Gasteiger partial charge in [0.1, 0.15) is 11.1 Å². The molecule has 4 rings (SSSR count).